The average Bonchev–Trinajstić information content (AvgIpc) is 2.59. The van der Waals surface area contributed by atoms with E-state index in [1.807, 2.05) is 30.3 Å². The molecule has 120 valence electrons. The molecule has 1 N–H and O–H groups in total. The molecule has 0 fully saturated rings. The summed E-state index contributed by atoms with van der Waals surface area (Å²) in [4.78, 5) is 12.1. The number of ether oxygens (including phenoxy) is 3. The second-order valence-electron chi connectivity index (χ2n) is 5.34. The maximum absolute atomic E-state index is 12.1. The zero-order chi connectivity index (χ0) is 16.4. The number of anilines is 1. The van der Waals surface area contributed by atoms with Gasteiger partial charge in [0.25, 0.3) is 0 Å². The highest BCUT2D eigenvalue weighted by Crippen LogP contribution is 2.44. The lowest BCUT2D eigenvalue weighted by atomic mass is 9.84. The molecule has 0 aliphatic carbocycles. The van der Waals surface area contributed by atoms with Gasteiger partial charge in [-0.1, -0.05) is 18.2 Å². The van der Waals surface area contributed by atoms with Crippen molar-refractivity contribution in [2.24, 2.45) is 0 Å². The lowest BCUT2D eigenvalue weighted by Crippen LogP contribution is -2.24. The van der Waals surface area contributed by atoms with Crippen LogP contribution in [0.2, 0.25) is 0 Å². The number of methoxy groups -OCH3 is 3. The average molecular weight is 313 g/mol. The van der Waals surface area contributed by atoms with Crippen LogP contribution in [0.15, 0.2) is 36.4 Å². The molecule has 3 rings (SSSR count). The predicted molar refractivity (Wildman–Crippen MR) is 87.6 cm³/mol. The molecule has 23 heavy (non-hydrogen) atoms. The fraction of sp³-hybridized carbons (Fsp3) is 0.278. The van der Waals surface area contributed by atoms with Gasteiger partial charge in [0.2, 0.25) is 5.91 Å². The van der Waals surface area contributed by atoms with Gasteiger partial charge in [-0.25, -0.2) is 0 Å². The van der Waals surface area contributed by atoms with E-state index in [0.29, 0.717) is 17.9 Å². The number of rotatable bonds is 4. The number of hydrogen-bond acceptors (Lipinski definition) is 4. The molecule has 5 nitrogen and oxygen atoms in total. The highest BCUT2D eigenvalue weighted by molar-refractivity contribution is 5.96. The molecule has 0 saturated heterocycles. The molecule has 1 atom stereocenters. The van der Waals surface area contributed by atoms with Crippen LogP contribution >= 0.6 is 0 Å². The Morgan fingerprint density at radius 2 is 1.57 bits per heavy atom. The van der Waals surface area contributed by atoms with Gasteiger partial charge in [0, 0.05) is 29.7 Å². The van der Waals surface area contributed by atoms with Gasteiger partial charge in [0.15, 0.2) is 11.5 Å². The van der Waals surface area contributed by atoms with Gasteiger partial charge in [-0.05, 0) is 17.7 Å². The largest absolute Gasteiger partial charge is 0.496 e. The normalized spacial score (nSPS) is 16.3. The Kier molecular flexibility index (Phi) is 4.10. The van der Waals surface area contributed by atoms with Crippen LogP contribution in [0.5, 0.6) is 17.2 Å². The van der Waals surface area contributed by atoms with Crippen LogP contribution in [0, 0.1) is 0 Å². The van der Waals surface area contributed by atoms with E-state index < -0.39 is 0 Å². The van der Waals surface area contributed by atoms with Crippen molar-refractivity contribution in [1.29, 1.82) is 0 Å². The highest BCUT2D eigenvalue weighted by atomic mass is 16.5. The summed E-state index contributed by atoms with van der Waals surface area (Å²) in [7, 11) is 4.81. The zero-order valence-corrected chi connectivity index (χ0v) is 13.4. The molecule has 1 aliphatic heterocycles. The maximum Gasteiger partial charge on any atom is 0.225 e. The number of carbonyl (C=O) groups is 1. The molecule has 1 heterocycles. The van der Waals surface area contributed by atoms with E-state index in [-0.39, 0.29) is 11.8 Å². The van der Waals surface area contributed by atoms with Crippen molar-refractivity contribution in [3.05, 3.63) is 47.5 Å². The van der Waals surface area contributed by atoms with Crippen LogP contribution in [0.25, 0.3) is 0 Å². The first-order chi connectivity index (χ1) is 11.2. The summed E-state index contributed by atoms with van der Waals surface area (Å²) in [5.74, 6) is 1.89. The van der Waals surface area contributed by atoms with Crippen LogP contribution in [-0.4, -0.2) is 27.2 Å². The predicted octanol–water partition coefficient (Wildman–Crippen LogP) is 3.19. The Labute approximate surface area is 135 Å². The van der Waals surface area contributed by atoms with Crippen LogP contribution in [0.1, 0.15) is 23.5 Å². The number of fused-ring (bicyclic) bond motifs is 1. The van der Waals surface area contributed by atoms with E-state index in [2.05, 4.69) is 5.32 Å². The van der Waals surface area contributed by atoms with Gasteiger partial charge in [-0.2, -0.15) is 0 Å². The van der Waals surface area contributed by atoms with Gasteiger partial charge < -0.3 is 19.5 Å². The topological polar surface area (TPSA) is 56.8 Å². The molecule has 0 radical (unpaired) electrons. The second kappa shape index (κ2) is 6.20. The van der Waals surface area contributed by atoms with Gasteiger partial charge in [0.1, 0.15) is 5.75 Å². The smallest absolute Gasteiger partial charge is 0.225 e. The molecule has 0 bridgehead atoms. The molecule has 0 aromatic heterocycles. The van der Waals surface area contributed by atoms with Crippen molar-refractivity contribution in [3.63, 3.8) is 0 Å². The Bertz CT molecular complexity index is 742. The van der Waals surface area contributed by atoms with E-state index in [1.54, 1.807) is 27.4 Å². The lowest BCUT2D eigenvalue weighted by Gasteiger charge is -2.28. The number of hydrogen-bond donors (Lipinski definition) is 1. The molecule has 0 unspecified atom stereocenters. The summed E-state index contributed by atoms with van der Waals surface area (Å²) < 4.78 is 16.2. The summed E-state index contributed by atoms with van der Waals surface area (Å²) in [6.45, 7) is 0. The third kappa shape index (κ3) is 2.70. The van der Waals surface area contributed by atoms with E-state index >= 15 is 0 Å². The van der Waals surface area contributed by atoms with Crippen LogP contribution in [0.4, 0.5) is 5.69 Å². The number of amides is 1. The minimum atomic E-state index is -0.0882. The van der Waals surface area contributed by atoms with Crippen molar-refractivity contribution in [2.45, 2.75) is 12.3 Å². The Morgan fingerprint density at radius 1 is 0.913 bits per heavy atom. The number of benzene rings is 2. The number of carbonyl (C=O) groups excluding carboxylic acids is 1. The quantitative estimate of drug-likeness (QED) is 0.942. The highest BCUT2D eigenvalue weighted by Gasteiger charge is 2.30. The molecule has 2 aromatic rings. The van der Waals surface area contributed by atoms with Gasteiger partial charge in [-0.3, -0.25) is 4.79 Å². The van der Waals surface area contributed by atoms with Crippen molar-refractivity contribution in [3.8, 4) is 17.2 Å². The minimum absolute atomic E-state index is 0.0272. The van der Waals surface area contributed by atoms with Crippen molar-refractivity contribution < 1.29 is 19.0 Å². The fourth-order valence-electron chi connectivity index (χ4n) is 3.02. The first kappa shape index (κ1) is 15.2. The van der Waals surface area contributed by atoms with Crippen LogP contribution in [0.3, 0.4) is 0 Å². The van der Waals surface area contributed by atoms with E-state index in [9.17, 15) is 4.79 Å². The molecule has 0 spiro atoms. The SMILES string of the molecule is COc1cc2c(cc1OC)[C@@H](c1ccccc1OC)CC(=O)N2. The summed E-state index contributed by atoms with van der Waals surface area (Å²) in [6.07, 6.45) is 0.364. The lowest BCUT2D eigenvalue weighted by molar-refractivity contribution is -0.116. The van der Waals surface area contributed by atoms with Crippen molar-refractivity contribution in [1.82, 2.24) is 0 Å². The molecule has 1 amide bonds. The number of nitrogens with one attached hydrogen (secondary N) is 1. The molecular weight excluding hydrogens is 294 g/mol. The molecule has 0 saturated carbocycles. The molecule has 1 aliphatic rings. The fourth-order valence-corrected chi connectivity index (χ4v) is 3.02. The zero-order valence-electron chi connectivity index (χ0n) is 13.4. The summed E-state index contributed by atoms with van der Waals surface area (Å²) in [6, 6.07) is 11.5. The van der Waals surface area contributed by atoms with Crippen molar-refractivity contribution >= 4 is 11.6 Å². The van der Waals surface area contributed by atoms with E-state index in [4.69, 9.17) is 14.2 Å². The van der Waals surface area contributed by atoms with E-state index in [0.717, 1.165) is 22.6 Å². The Hall–Kier alpha value is -2.69. The van der Waals surface area contributed by atoms with Crippen LogP contribution in [-0.2, 0) is 4.79 Å². The monoisotopic (exact) mass is 313 g/mol. The molecule has 2 aromatic carbocycles. The van der Waals surface area contributed by atoms with E-state index in [1.165, 1.54) is 0 Å². The Balaban J connectivity index is 2.16. The third-order valence-corrected chi connectivity index (χ3v) is 4.11. The standard InChI is InChI=1S/C18H19NO4/c1-21-15-7-5-4-6-11(15)12-9-18(20)19-14-10-17(23-3)16(22-2)8-13(12)14/h4-8,10,12H,9H2,1-3H3,(H,19,20)/t12-/m1/s1. The first-order valence-electron chi connectivity index (χ1n) is 7.36. The van der Waals surface area contributed by atoms with Crippen molar-refractivity contribution in [2.75, 3.05) is 26.6 Å². The Morgan fingerprint density at radius 3 is 2.26 bits per heavy atom. The number of para-hydroxylation sites is 1. The summed E-state index contributed by atoms with van der Waals surface area (Å²) in [5.41, 5.74) is 2.72. The van der Waals surface area contributed by atoms with Crippen LogP contribution < -0.4 is 19.5 Å². The van der Waals surface area contributed by atoms with Gasteiger partial charge >= 0.3 is 0 Å². The second-order valence-corrected chi connectivity index (χ2v) is 5.34. The third-order valence-electron chi connectivity index (χ3n) is 4.11. The molecule has 5 heteroatoms. The minimum Gasteiger partial charge on any atom is -0.496 e. The first-order valence-corrected chi connectivity index (χ1v) is 7.36. The maximum atomic E-state index is 12.1. The van der Waals surface area contributed by atoms with Gasteiger partial charge in [0.05, 0.1) is 21.3 Å². The summed E-state index contributed by atoms with van der Waals surface area (Å²) in [5, 5.41) is 2.91. The van der Waals surface area contributed by atoms with Gasteiger partial charge in [-0.15, -0.1) is 0 Å². The molecular formula is C18H19NO4. The summed E-state index contributed by atoms with van der Waals surface area (Å²) >= 11 is 0.